The molecule has 1 aromatic carbocycles. The van der Waals surface area contributed by atoms with Crippen molar-refractivity contribution in [2.45, 2.75) is 56.8 Å². The van der Waals surface area contributed by atoms with Gasteiger partial charge in [-0.3, -0.25) is 19.9 Å². The molecule has 4 fully saturated rings. The molecule has 3 heterocycles. The van der Waals surface area contributed by atoms with E-state index in [1.54, 1.807) is 0 Å². The van der Waals surface area contributed by atoms with Crippen LogP contribution in [-0.2, 0) is 20.9 Å². The highest BCUT2D eigenvalue weighted by Gasteiger charge is 2.51. The maximum absolute atomic E-state index is 13.4. The number of carbonyl (C=O) groups is 2. The van der Waals surface area contributed by atoms with E-state index >= 15 is 0 Å². The van der Waals surface area contributed by atoms with E-state index in [1.165, 1.54) is 0 Å². The molecule has 0 spiro atoms. The Morgan fingerprint density at radius 2 is 1.91 bits per heavy atom. The van der Waals surface area contributed by atoms with Crippen LogP contribution in [0.25, 0.3) is 0 Å². The molecule has 8 heteroatoms. The molecule has 4 aliphatic rings. The third-order valence-corrected chi connectivity index (χ3v) is 7.78. The van der Waals surface area contributed by atoms with Crippen molar-refractivity contribution in [3.05, 3.63) is 35.9 Å². The summed E-state index contributed by atoms with van der Waals surface area (Å²) >= 11 is 0. The number of rotatable bonds is 7. The maximum atomic E-state index is 13.4. The summed E-state index contributed by atoms with van der Waals surface area (Å²) in [4.78, 5) is 30.9. The van der Waals surface area contributed by atoms with E-state index in [0.717, 1.165) is 77.1 Å². The van der Waals surface area contributed by atoms with Crippen molar-refractivity contribution >= 4 is 11.8 Å². The van der Waals surface area contributed by atoms with Crippen molar-refractivity contribution < 1.29 is 14.3 Å². The van der Waals surface area contributed by atoms with Crippen molar-refractivity contribution in [2.24, 2.45) is 5.92 Å². The molecule has 5 rings (SSSR count). The van der Waals surface area contributed by atoms with Crippen LogP contribution in [0.3, 0.4) is 0 Å². The lowest BCUT2D eigenvalue weighted by Gasteiger charge is -2.51. The van der Waals surface area contributed by atoms with Crippen LogP contribution in [0.2, 0.25) is 0 Å². The fourth-order valence-electron chi connectivity index (χ4n) is 6.01. The molecule has 3 saturated heterocycles. The van der Waals surface area contributed by atoms with Gasteiger partial charge in [0.25, 0.3) is 0 Å². The monoisotopic (exact) mass is 455 g/mol. The summed E-state index contributed by atoms with van der Waals surface area (Å²) < 4.78 is 5.40. The molecule has 0 bridgehead atoms. The Kier molecular flexibility index (Phi) is 7.25. The zero-order valence-electron chi connectivity index (χ0n) is 19.5. The normalized spacial score (nSPS) is 30.7. The van der Waals surface area contributed by atoms with Crippen LogP contribution >= 0.6 is 0 Å². The smallest absolute Gasteiger partial charge is 0.242 e. The quantitative estimate of drug-likeness (QED) is 0.597. The van der Waals surface area contributed by atoms with Gasteiger partial charge in [0.1, 0.15) is 6.04 Å². The van der Waals surface area contributed by atoms with Crippen LogP contribution in [0.4, 0.5) is 0 Å². The Morgan fingerprint density at radius 3 is 2.73 bits per heavy atom. The first-order chi connectivity index (χ1) is 16.2. The lowest BCUT2D eigenvalue weighted by molar-refractivity contribution is -0.157. The lowest BCUT2D eigenvalue weighted by Crippen LogP contribution is -2.68. The highest BCUT2D eigenvalue weighted by atomic mass is 16.5. The number of piperazine rings is 1. The molecule has 1 aromatic rings. The Morgan fingerprint density at radius 1 is 1.09 bits per heavy atom. The SMILES string of the molecule is O=C(NCCCN1CCOCC1)C1CCC2C(C1)N(Cc1ccccc1)C(=O)C1CCNN12. The Bertz CT molecular complexity index is 816. The first-order valence-corrected chi connectivity index (χ1v) is 12.6. The highest BCUT2D eigenvalue weighted by Crippen LogP contribution is 2.38. The van der Waals surface area contributed by atoms with E-state index < -0.39 is 0 Å². The minimum atomic E-state index is -0.0690. The summed E-state index contributed by atoms with van der Waals surface area (Å²) in [5, 5.41) is 5.39. The van der Waals surface area contributed by atoms with Crippen molar-refractivity contribution in [1.82, 2.24) is 25.6 Å². The van der Waals surface area contributed by atoms with E-state index in [9.17, 15) is 9.59 Å². The zero-order valence-corrected chi connectivity index (χ0v) is 19.5. The van der Waals surface area contributed by atoms with Crippen molar-refractivity contribution in [3.63, 3.8) is 0 Å². The summed E-state index contributed by atoms with van der Waals surface area (Å²) in [6.07, 6.45) is 4.39. The van der Waals surface area contributed by atoms with Gasteiger partial charge in [-0.1, -0.05) is 30.3 Å². The molecule has 0 aromatic heterocycles. The van der Waals surface area contributed by atoms with Crippen molar-refractivity contribution in [1.29, 1.82) is 0 Å². The lowest BCUT2D eigenvalue weighted by atomic mass is 9.78. The van der Waals surface area contributed by atoms with Crippen LogP contribution in [0.5, 0.6) is 0 Å². The number of benzene rings is 1. The molecule has 180 valence electrons. The molecular weight excluding hydrogens is 418 g/mol. The molecule has 4 unspecified atom stereocenters. The summed E-state index contributed by atoms with van der Waals surface area (Å²) in [6, 6.07) is 10.5. The highest BCUT2D eigenvalue weighted by molar-refractivity contribution is 5.84. The van der Waals surface area contributed by atoms with Gasteiger partial charge >= 0.3 is 0 Å². The van der Waals surface area contributed by atoms with Crippen LogP contribution in [0.1, 0.15) is 37.7 Å². The maximum Gasteiger partial charge on any atom is 0.242 e. The molecule has 4 atom stereocenters. The molecule has 1 saturated carbocycles. The minimum Gasteiger partial charge on any atom is -0.379 e. The van der Waals surface area contributed by atoms with Gasteiger partial charge < -0.3 is 15.0 Å². The largest absolute Gasteiger partial charge is 0.379 e. The average Bonchev–Trinajstić information content (AvgIpc) is 3.36. The van der Waals surface area contributed by atoms with Gasteiger partial charge in [-0.15, -0.1) is 0 Å². The van der Waals surface area contributed by atoms with Gasteiger partial charge in [-0.05, 0) is 44.2 Å². The van der Waals surface area contributed by atoms with Crippen LogP contribution in [-0.4, -0.2) is 90.7 Å². The molecule has 8 nitrogen and oxygen atoms in total. The number of fused-ring (bicyclic) bond motifs is 3. The van der Waals surface area contributed by atoms with Gasteiger partial charge in [0.2, 0.25) is 11.8 Å². The summed E-state index contributed by atoms with van der Waals surface area (Å²) in [5.41, 5.74) is 4.61. The number of morpholine rings is 1. The first kappa shape index (κ1) is 22.8. The van der Waals surface area contributed by atoms with Crippen LogP contribution in [0.15, 0.2) is 30.3 Å². The van der Waals surface area contributed by atoms with E-state index in [4.69, 9.17) is 4.74 Å². The molecule has 2 N–H and O–H groups in total. The summed E-state index contributed by atoms with van der Waals surface area (Å²) in [5.74, 6) is 0.329. The number of hydrogen-bond acceptors (Lipinski definition) is 6. The van der Waals surface area contributed by atoms with Crippen LogP contribution in [0, 0.1) is 5.92 Å². The first-order valence-electron chi connectivity index (χ1n) is 12.6. The number of carbonyl (C=O) groups excluding carboxylic acids is 2. The fraction of sp³-hybridized carbons (Fsp3) is 0.680. The second-order valence-electron chi connectivity index (χ2n) is 9.81. The van der Waals surface area contributed by atoms with E-state index in [-0.39, 0.29) is 35.9 Å². The zero-order chi connectivity index (χ0) is 22.6. The summed E-state index contributed by atoms with van der Waals surface area (Å²) in [7, 11) is 0. The second kappa shape index (κ2) is 10.5. The predicted molar refractivity (Wildman–Crippen MR) is 125 cm³/mol. The Hall–Kier alpha value is -2.00. The van der Waals surface area contributed by atoms with E-state index in [0.29, 0.717) is 13.1 Å². The van der Waals surface area contributed by atoms with Gasteiger partial charge in [0.15, 0.2) is 0 Å². The molecule has 0 radical (unpaired) electrons. The van der Waals surface area contributed by atoms with Gasteiger partial charge in [0.05, 0.1) is 13.2 Å². The third kappa shape index (κ3) is 5.09. The van der Waals surface area contributed by atoms with Gasteiger partial charge in [-0.25, -0.2) is 5.01 Å². The van der Waals surface area contributed by atoms with Crippen molar-refractivity contribution in [3.8, 4) is 0 Å². The fourth-order valence-corrected chi connectivity index (χ4v) is 6.01. The van der Waals surface area contributed by atoms with Gasteiger partial charge in [-0.2, -0.15) is 0 Å². The predicted octanol–water partition coefficient (Wildman–Crippen LogP) is 0.984. The number of hydrazine groups is 1. The number of hydrogen-bond donors (Lipinski definition) is 2. The molecule has 2 amide bonds. The van der Waals surface area contributed by atoms with Crippen LogP contribution < -0.4 is 10.7 Å². The number of amides is 2. The Balaban J connectivity index is 1.20. The van der Waals surface area contributed by atoms with E-state index in [1.807, 2.05) is 18.2 Å². The number of nitrogens with one attached hydrogen (secondary N) is 2. The van der Waals surface area contributed by atoms with E-state index in [2.05, 4.69) is 37.7 Å². The Labute approximate surface area is 196 Å². The van der Waals surface area contributed by atoms with Gasteiger partial charge in [0, 0.05) is 50.7 Å². The van der Waals surface area contributed by atoms with Crippen molar-refractivity contribution in [2.75, 3.05) is 45.9 Å². The second-order valence-corrected chi connectivity index (χ2v) is 9.81. The number of nitrogens with zero attached hydrogens (tertiary/aromatic N) is 3. The molecular formula is C25H37N5O3. The number of ether oxygens (including phenoxy) is 1. The standard InChI is InChI=1S/C25H37N5O3/c31-24(26-10-4-12-28-13-15-33-16-14-28)20-7-8-21-23(17-20)29(18-19-5-2-1-3-6-19)25(32)22-9-11-27-30(21)22/h1-3,5-6,20-23,27H,4,7-18H2,(H,26,31). The average molecular weight is 456 g/mol. The third-order valence-electron chi connectivity index (χ3n) is 7.78. The molecule has 1 aliphatic carbocycles. The topological polar surface area (TPSA) is 77.2 Å². The minimum absolute atomic E-state index is 0.0279. The molecule has 3 aliphatic heterocycles. The molecule has 33 heavy (non-hydrogen) atoms. The summed E-state index contributed by atoms with van der Waals surface area (Å²) in [6.45, 7) is 6.77.